The molecule has 3 heterocycles. The SMILES string of the molecule is O=C1Nc2ccc(F)cc2C1=CNc1ccc(N2CCN(c3cnccn3)CC2)c(F)c1. The Bertz CT molecular complexity index is 1190. The molecule has 0 unspecified atom stereocenters. The molecule has 1 saturated heterocycles. The molecule has 1 amide bonds. The third kappa shape index (κ3) is 3.84. The van der Waals surface area contributed by atoms with Crippen molar-refractivity contribution in [2.24, 2.45) is 0 Å². The van der Waals surface area contributed by atoms with Gasteiger partial charge < -0.3 is 20.4 Å². The zero-order chi connectivity index (χ0) is 22.1. The lowest BCUT2D eigenvalue weighted by Crippen LogP contribution is -2.47. The Morgan fingerprint density at radius 2 is 1.81 bits per heavy atom. The van der Waals surface area contributed by atoms with E-state index in [9.17, 15) is 13.6 Å². The third-order valence-corrected chi connectivity index (χ3v) is 5.59. The van der Waals surface area contributed by atoms with Crippen molar-refractivity contribution in [3.8, 4) is 0 Å². The van der Waals surface area contributed by atoms with Gasteiger partial charge in [0.05, 0.1) is 17.5 Å². The first-order valence-electron chi connectivity index (χ1n) is 10.2. The van der Waals surface area contributed by atoms with E-state index in [1.807, 2.05) is 4.90 Å². The van der Waals surface area contributed by atoms with Gasteiger partial charge in [-0.2, -0.15) is 0 Å². The van der Waals surface area contributed by atoms with Gasteiger partial charge in [0.1, 0.15) is 17.5 Å². The van der Waals surface area contributed by atoms with Gasteiger partial charge in [0, 0.05) is 61.7 Å². The second-order valence-electron chi connectivity index (χ2n) is 7.55. The van der Waals surface area contributed by atoms with Crippen LogP contribution in [0.3, 0.4) is 0 Å². The Labute approximate surface area is 183 Å². The fourth-order valence-corrected chi connectivity index (χ4v) is 3.94. The van der Waals surface area contributed by atoms with Crippen molar-refractivity contribution >= 4 is 34.4 Å². The molecule has 0 spiro atoms. The van der Waals surface area contributed by atoms with E-state index in [0.717, 1.165) is 18.9 Å². The molecule has 2 aliphatic heterocycles. The van der Waals surface area contributed by atoms with Crippen LogP contribution in [-0.4, -0.2) is 42.1 Å². The van der Waals surface area contributed by atoms with Crippen LogP contribution >= 0.6 is 0 Å². The van der Waals surface area contributed by atoms with E-state index in [2.05, 4.69) is 25.5 Å². The first kappa shape index (κ1) is 19.9. The number of rotatable bonds is 4. The molecule has 0 atom stereocenters. The number of nitrogens with one attached hydrogen (secondary N) is 2. The summed E-state index contributed by atoms with van der Waals surface area (Å²) < 4.78 is 28.4. The minimum absolute atomic E-state index is 0.295. The number of hydrogen-bond donors (Lipinski definition) is 2. The summed E-state index contributed by atoms with van der Waals surface area (Å²) in [5.74, 6) is -0.307. The van der Waals surface area contributed by atoms with Crippen LogP contribution < -0.4 is 20.4 Å². The third-order valence-electron chi connectivity index (χ3n) is 5.59. The molecule has 0 radical (unpaired) electrons. The topological polar surface area (TPSA) is 73.4 Å². The van der Waals surface area contributed by atoms with Gasteiger partial charge in [0.15, 0.2) is 0 Å². The summed E-state index contributed by atoms with van der Waals surface area (Å²) in [7, 11) is 0. The fourth-order valence-electron chi connectivity index (χ4n) is 3.94. The van der Waals surface area contributed by atoms with Gasteiger partial charge in [0.2, 0.25) is 0 Å². The Morgan fingerprint density at radius 3 is 2.56 bits per heavy atom. The number of nitrogens with zero attached hydrogens (tertiary/aromatic N) is 4. The molecule has 0 saturated carbocycles. The lowest BCUT2D eigenvalue weighted by Gasteiger charge is -2.36. The highest BCUT2D eigenvalue weighted by Gasteiger charge is 2.25. The van der Waals surface area contributed by atoms with E-state index in [0.29, 0.717) is 41.3 Å². The zero-order valence-electron chi connectivity index (χ0n) is 17.1. The molecule has 1 fully saturated rings. The van der Waals surface area contributed by atoms with Crippen LogP contribution in [0.25, 0.3) is 5.57 Å². The lowest BCUT2D eigenvalue weighted by molar-refractivity contribution is -0.110. The quantitative estimate of drug-likeness (QED) is 0.613. The number of hydrogen-bond acceptors (Lipinski definition) is 6. The Morgan fingerprint density at radius 1 is 1.00 bits per heavy atom. The highest BCUT2D eigenvalue weighted by atomic mass is 19.1. The van der Waals surface area contributed by atoms with E-state index in [1.54, 1.807) is 30.7 Å². The number of carbonyl (C=O) groups excluding carboxylic acids is 1. The summed E-state index contributed by atoms with van der Waals surface area (Å²) >= 11 is 0. The van der Waals surface area contributed by atoms with Gasteiger partial charge in [0.25, 0.3) is 5.91 Å². The maximum absolute atomic E-state index is 14.9. The van der Waals surface area contributed by atoms with Gasteiger partial charge >= 0.3 is 0 Å². The number of aromatic nitrogens is 2. The molecule has 3 aromatic rings. The minimum atomic E-state index is -0.430. The summed E-state index contributed by atoms with van der Waals surface area (Å²) in [6, 6.07) is 8.96. The van der Waals surface area contributed by atoms with Crippen molar-refractivity contribution in [3.05, 3.63) is 78.4 Å². The molecule has 2 N–H and O–H groups in total. The molecule has 0 aliphatic carbocycles. The molecule has 7 nitrogen and oxygen atoms in total. The number of anilines is 4. The number of halogens is 2. The second-order valence-corrected chi connectivity index (χ2v) is 7.55. The molecular formula is C23H20F2N6O. The Balaban J connectivity index is 1.27. The first-order valence-corrected chi connectivity index (χ1v) is 10.2. The molecule has 32 heavy (non-hydrogen) atoms. The summed E-state index contributed by atoms with van der Waals surface area (Å²) in [5.41, 5.74) is 2.33. The number of benzene rings is 2. The normalized spacial score (nSPS) is 16.8. The van der Waals surface area contributed by atoms with Gasteiger partial charge in [-0.25, -0.2) is 13.8 Å². The van der Waals surface area contributed by atoms with E-state index < -0.39 is 5.82 Å². The van der Waals surface area contributed by atoms with Crippen LogP contribution in [0.15, 0.2) is 61.2 Å². The Kier molecular flexibility index (Phi) is 5.14. The van der Waals surface area contributed by atoms with Crippen molar-refractivity contribution in [2.75, 3.05) is 46.6 Å². The van der Waals surface area contributed by atoms with Crippen LogP contribution in [0.2, 0.25) is 0 Å². The minimum Gasteiger partial charge on any atom is -0.366 e. The maximum atomic E-state index is 14.9. The molecule has 5 rings (SSSR count). The number of carbonyl (C=O) groups is 1. The Hall–Kier alpha value is -4.01. The smallest absolute Gasteiger partial charge is 0.257 e. The van der Waals surface area contributed by atoms with Crippen molar-refractivity contribution in [1.29, 1.82) is 0 Å². The van der Waals surface area contributed by atoms with Crippen molar-refractivity contribution < 1.29 is 13.6 Å². The number of fused-ring (bicyclic) bond motifs is 1. The molecule has 2 aliphatic rings. The summed E-state index contributed by atoms with van der Waals surface area (Å²) in [5, 5.41) is 5.63. The average Bonchev–Trinajstić information content (AvgIpc) is 3.12. The van der Waals surface area contributed by atoms with E-state index >= 15 is 0 Å². The van der Waals surface area contributed by atoms with Crippen LogP contribution in [0.4, 0.5) is 31.7 Å². The maximum Gasteiger partial charge on any atom is 0.257 e. The summed E-state index contributed by atoms with van der Waals surface area (Å²) in [6.07, 6.45) is 6.49. The van der Waals surface area contributed by atoms with Crippen LogP contribution in [0.1, 0.15) is 5.56 Å². The summed E-state index contributed by atoms with van der Waals surface area (Å²) in [6.45, 7) is 2.75. The highest BCUT2D eigenvalue weighted by Crippen LogP contribution is 2.32. The lowest BCUT2D eigenvalue weighted by atomic mass is 10.1. The summed E-state index contributed by atoms with van der Waals surface area (Å²) in [4.78, 5) is 24.7. The van der Waals surface area contributed by atoms with Crippen molar-refractivity contribution in [3.63, 3.8) is 0 Å². The monoisotopic (exact) mass is 434 g/mol. The van der Waals surface area contributed by atoms with Gasteiger partial charge in [-0.1, -0.05) is 0 Å². The van der Waals surface area contributed by atoms with Gasteiger partial charge in [-0.3, -0.25) is 9.78 Å². The first-order chi connectivity index (χ1) is 15.6. The van der Waals surface area contributed by atoms with Gasteiger partial charge in [-0.05, 0) is 36.4 Å². The van der Waals surface area contributed by atoms with Crippen molar-refractivity contribution in [1.82, 2.24) is 9.97 Å². The number of piperazine rings is 1. The zero-order valence-corrected chi connectivity index (χ0v) is 17.1. The predicted molar refractivity (Wildman–Crippen MR) is 119 cm³/mol. The molecule has 162 valence electrons. The molecule has 2 aromatic carbocycles. The molecule has 0 bridgehead atoms. The molecular weight excluding hydrogens is 414 g/mol. The van der Waals surface area contributed by atoms with Crippen molar-refractivity contribution in [2.45, 2.75) is 0 Å². The fraction of sp³-hybridized carbons (Fsp3) is 0.174. The standard InChI is InChI=1S/C23H20F2N6O/c24-15-1-3-20-17(11-15)18(23(32)29-20)13-28-16-2-4-21(19(25)12-16)30-7-9-31(10-8-30)22-14-26-5-6-27-22/h1-6,11-14,28H,7-10H2,(H,29,32). The highest BCUT2D eigenvalue weighted by molar-refractivity contribution is 6.31. The van der Waals surface area contributed by atoms with E-state index in [1.165, 1.54) is 30.5 Å². The molecule has 1 aromatic heterocycles. The predicted octanol–water partition coefficient (Wildman–Crippen LogP) is 3.49. The van der Waals surface area contributed by atoms with Crippen LogP contribution in [0.5, 0.6) is 0 Å². The average molecular weight is 434 g/mol. The van der Waals surface area contributed by atoms with Crippen LogP contribution in [0, 0.1) is 11.6 Å². The van der Waals surface area contributed by atoms with E-state index in [-0.39, 0.29) is 11.7 Å². The molecule has 9 heteroatoms. The second kappa shape index (κ2) is 8.26. The van der Waals surface area contributed by atoms with Gasteiger partial charge in [-0.15, -0.1) is 0 Å². The van der Waals surface area contributed by atoms with Crippen LogP contribution in [-0.2, 0) is 4.79 Å². The largest absolute Gasteiger partial charge is 0.366 e. The van der Waals surface area contributed by atoms with E-state index in [4.69, 9.17) is 0 Å². The number of amides is 1.